The normalized spacial score (nSPS) is 28.9. The number of rotatable bonds is 3. The predicted octanol–water partition coefficient (Wildman–Crippen LogP) is 2.24. The number of hydrogen-bond donors (Lipinski definition) is 0. The Morgan fingerprint density at radius 3 is 2.35 bits per heavy atom. The van der Waals surface area contributed by atoms with Gasteiger partial charge in [0.05, 0.1) is 0 Å². The Kier molecular flexibility index (Phi) is 4.83. The Morgan fingerprint density at radius 2 is 1.77 bits per heavy atom. The summed E-state index contributed by atoms with van der Waals surface area (Å²) in [6, 6.07) is 6.29. The Morgan fingerprint density at radius 1 is 1.08 bits per heavy atom. The van der Waals surface area contributed by atoms with Gasteiger partial charge in [-0.3, -0.25) is 9.59 Å². The van der Waals surface area contributed by atoms with Gasteiger partial charge in [-0.05, 0) is 31.7 Å². The third-order valence-corrected chi connectivity index (χ3v) is 6.16. The molecule has 0 N–H and O–H groups in total. The average Bonchev–Trinajstić information content (AvgIpc) is 2.92. The van der Waals surface area contributed by atoms with Gasteiger partial charge in [0.1, 0.15) is 6.10 Å². The molecule has 2 bridgehead atoms. The second kappa shape index (κ2) is 7.25. The van der Waals surface area contributed by atoms with Crippen LogP contribution in [0.15, 0.2) is 24.4 Å². The minimum absolute atomic E-state index is 0.0713. The quantitative estimate of drug-likeness (QED) is 0.832. The molecular formula is C20H27N3O3. The van der Waals surface area contributed by atoms with Crippen LogP contribution in [-0.2, 0) is 9.59 Å². The summed E-state index contributed by atoms with van der Waals surface area (Å²) in [7, 11) is 0. The average molecular weight is 357 g/mol. The second-order valence-corrected chi connectivity index (χ2v) is 7.79. The van der Waals surface area contributed by atoms with Crippen LogP contribution in [-0.4, -0.2) is 57.9 Å². The van der Waals surface area contributed by atoms with E-state index >= 15 is 0 Å². The fourth-order valence-corrected chi connectivity index (χ4v) is 4.82. The lowest BCUT2D eigenvalue weighted by atomic mass is 9.91. The summed E-state index contributed by atoms with van der Waals surface area (Å²) in [5, 5.41) is 0. The van der Waals surface area contributed by atoms with Gasteiger partial charge in [-0.1, -0.05) is 6.07 Å². The van der Waals surface area contributed by atoms with Crippen LogP contribution >= 0.6 is 0 Å². The van der Waals surface area contributed by atoms with Crippen LogP contribution in [0.1, 0.15) is 45.4 Å². The number of aromatic nitrogens is 1. The summed E-state index contributed by atoms with van der Waals surface area (Å²) in [4.78, 5) is 32.9. The highest BCUT2D eigenvalue weighted by Gasteiger charge is 2.46. The van der Waals surface area contributed by atoms with E-state index in [2.05, 4.69) is 9.88 Å². The van der Waals surface area contributed by atoms with E-state index < -0.39 is 0 Å². The Balaban J connectivity index is 1.36. The zero-order valence-electron chi connectivity index (χ0n) is 15.3. The minimum Gasteiger partial charge on any atom is -0.474 e. The summed E-state index contributed by atoms with van der Waals surface area (Å²) in [5.74, 6) is 1.16. The molecule has 6 nitrogen and oxygen atoms in total. The Hall–Kier alpha value is -2.11. The van der Waals surface area contributed by atoms with E-state index in [4.69, 9.17) is 4.74 Å². The highest BCUT2D eigenvalue weighted by atomic mass is 16.5. The Bertz CT molecular complexity index is 644. The van der Waals surface area contributed by atoms with Gasteiger partial charge < -0.3 is 14.5 Å². The molecule has 2 unspecified atom stereocenters. The third kappa shape index (κ3) is 3.41. The highest BCUT2D eigenvalue weighted by Crippen LogP contribution is 2.39. The maximum Gasteiger partial charge on any atom is 0.226 e. The van der Waals surface area contributed by atoms with Gasteiger partial charge in [0, 0.05) is 63.1 Å². The van der Waals surface area contributed by atoms with Crippen LogP contribution in [0.4, 0.5) is 0 Å². The van der Waals surface area contributed by atoms with E-state index in [0.717, 1.165) is 38.5 Å². The molecule has 2 atom stereocenters. The number of amides is 2. The van der Waals surface area contributed by atoms with Crippen LogP contribution in [0.25, 0.3) is 0 Å². The van der Waals surface area contributed by atoms with Gasteiger partial charge in [-0.25, -0.2) is 4.98 Å². The number of pyridine rings is 1. The molecule has 0 aliphatic carbocycles. The van der Waals surface area contributed by atoms with E-state index in [9.17, 15) is 9.59 Å². The van der Waals surface area contributed by atoms with Crippen molar-refractivity contribution in [2.75, 3.05) is 13.1 Å². The maximum atomic E-state index is 13.1. The van der Waals surface area contributed by atoms with Gasteiger partial charge in [0.15, 0.2) is 0 Å². The zero-order chi connectivity index (χ0) is 18.1. The van der Waals surface area contributed by atoms with Crippen molar-refractivity contribution in [2.45, 2.75) is 63.6 Å². The molecule has 4 rings (SSSR count). The van der Waals surface area contributed by atoms with E-state index in [1.54, 1.807) is 13.1 Å². The van der Waals surface area contributed by atoms with Crippen molar-refractivity contribution < 1.29 is 14.3 Å². The third-order valence-electron chi connectivity index (χ3n) is 6.16. The Labute approximate surface area is 154 Å². The molecule has 0 aromatic carbocycles. The smallest absolute Gasteiger partial charge is 0.226 e. The first-order valence-electron chi connectivity index (χ1n) is 9.77. The van der Waals surface area contributed by atoms with Crippen molar-refractivity contribution in [3.8, 4) is 5.88 Å². The molecule has 3 fully saturated rings. The summed E-state index contributed by atoms with van der Waals surface area (Å²) >= 11 is 0. The van der Waals surface area contributed by atoms with Crippen LogP contribution < -0.4 is 4.74 Å². The fraction of sp³-hybridized carbons (Fsp3) is 0.650. The number of carbonyl (C=O) groups excluding carboxylic acids is 2. The van der Waals surface area contributed by atoms with Crippen LogP contribution in [0.2, 0.25) is 0 Å². The molecule has 3 aliphatic heterocycles. The predicted molar refractivity (Wildman–Crippen MR) is 96.5 cm³/mol. The number of carbonyl (C=O) groups is 2. The van der Waals surface area contributed by atoms with Crippen LogP contribution in [0.5, 0.6) is 5.88 Å². The van der Waals surface area contributed by atoms with Crippen LogP contribution in [0.3, 0.4) is 0 Å². The van der Waals surface area contributed by atoms with E-state index in [1.165, 1.54) is 0 Å². The maximum absolute atomic E-state index is 13.1. The first-order chi connectivity index (χ1) is 12.6. The molecule has 4 heterocycles. The summed E-state index contributed by atoms with van der Waals surface area (Å²) in [6.07, 6.45) is 7.41. The molecule has 2 amide bonds. The monoisotopic (exact) mass is 357 g/mol. The SMILES string of the molecule is CC(=O)N1CCC(C(=O)N2C3CCC2CC(Oc2ccccn2)C3)CC1. The van der Waals surface area contributed by atoms with E-state index in [1.807, 2.05) is 23.1 Å². The molecule has 6 heteroatoms. The van der Waals surface area contributed by atoms with E-state index in [-0.39, 0.29) is 17.9 Å². The molecule has 26 heavy (non-hydrogen) atoms. The van der Waals surface area contributed by atoms with Crippen molar-refractivity contribution in [1.29, 1.82) is 0 Å². The topological polar surface area (TPSA) is 62.7 Å². The molecule has 0 saturated carbocycles. The molecule has 1 aromatic rings. The van der Waals surface area contributed by atoms with Crippen molar-refractivity contribution in [1.82, 2.24) is 14.8 Å². The first-order valence-corrected chi connectivity index (χ1v) is 9.77. The molecule has 1 aromatic heterocycles. The van der Waals surface area contributed by atoms with Gasteiger partial charge in [0.2, 0.25) is 17.7 Å². The molecule has 0 radical (unpaired) electrons. The zero-order valence-corrected chi connectivity index (χ0v) is 15.3. The highest BCUT2D eigenvalue weighted by molar-refractivity contribution is 5.80. The number of fused-ring (bicyclic) bond motifs is 2. The van der Waals surface area contributed by atoms with E-state index in [0.29, 0.717) is 37.0 Å². The number of nitrogens with zero attached hydrogens (tertiary/aromatic N) is 3. The number of ether oxygens (including phenoxy) is 1. The largest absolute Gasteiger partial charge is 0.474 e. The van der Waals surface area contributed by atoms with Gasteiger partial charge in [-0.2, -0.15) is 0 Å². The number of hydrogen-bond acceptors (Lipinski definition) is 4. The molecule has 140 valence electrons. The molecule has 3 saturated heterocycles. The lowest BCUT2D eigenvalue weighted by Crippen LogP contribution is -2.52. The van der Waals surface area contributed by atoms with Crippen LogP contribution in [0, 0.1) is 5.92 Å². The van der Waals surface area contributed by atoms with Crippen molar-refractivity contribution >= 4 is 11.8 Å². The lowest BCUT2D eigenvalue weighted by molar-refractivity contribution is -0.145. The van der Waals surface area contributed by atoms with Gasteiger partial charge >= 0.3 is 0 Å². The van der Waals surface area contributed by atoms with Gasteiger partial charge in [0.25, 0.3) is 0 Å². The summed E-state index contributed by atoms with van der Waals surface area (Å²) < 4.78 is 6.06. The summed E-state index contributed by atoms with van der Waals surface area (Å²) in [5.41, 5.74) is 0. The van der Waals surface area contributed by atoms with Gasteiger partial charge in [-0.15, -0.1) is 0 Å². The minimum atomic E-state index is 0.0713. The summed E-state index contributed by atoms with van der Waals surface area (Å²) in [6.45, 7) is 3.02. The molecular weight excluding hydrogens is 330 g/mol. The number of likely N-dealkylation sites (tertiary alicyclic amines) is 1. The van der Waals surface area contributed by atoms with Crippen molar-refractivity contribution in [2.24, 2.45) is 5.92 Å². The first kappa shape index (κ1) is 17.3. The lowest BCUT2D eigenvalue weighted by Gasteiger charge is -2.41. The van der Waals surface area contributed by atoms with Crippen molar-refractivity contribution in [3.63, 3.8) is 0 Å². The second-order valence-electron chi connectivity index (χ2n) is 7.79. The molecule has 0 spiro atoms. The standard InChI is InChI=1S/C20H27N3O3/c1-14(24)22-10-7-15(8-11-22)20(25)23-16-5-6-17(23)13-18(12-16)26-19-4-2-3-9-21-19/h2-4,9,15-18H,5-8,10-13H2,1H3. The molecule has 3 aliphatic rings. The van der Waals surface area contributed by atoms with Crippen molar-refractivity contribution in [3.05, 3.63) is 24.4 Å². The number of piperidine rings is 2. The fourth-order valence-electron chi connectivity index (χ4n) is 4.82.